The lowest BCUT2D eigenvalue weighted by Gasteiger charge is -2.09. The summed E-state index contributed by atoms with van der Waals surface area (Å²) in [5, 5.41) is 2.38. The van der Waals surface area contributed by atoms with Gasteiger partial charge in [-0.15, -0.1) is 0 Å². The van der Waals surface area contributed by atoms with Crippen LogP contribution in [0.2, 0.25) is 0 Å². The van der Waals surface area contributed by atoms with Gasteiger partial charge in [-0.3, -0.25) is 0 Å². The Morgan fingerprint density at radius 2 is 1.79 bits per heavy atom. The Kier molecular flexibility index (Phi) is 2.86. The zero-order chi connectivity index (χ0) is 13.4. The zero-order valence-electron chi connectivity index (χ0n) is 11.5. The molecule has 96 valence electrons. The Balaban J connectivity index is 2.33. The molecule has 0 aliphatic carbocycles. The van der Waals surface area contributed by atoms with Gasteiger partial charge in [-0.1, -0.05) is 12.1 Å². The van der Waals surface area contributed by atoms with Crippen molar-refractivity contribution in [2.45, 2.75) is 20.8 Å². The number of ether oxygens (including phenoxy) is 1. The minimum atomic E-state index is 0.685. The molecule has 2 nitrogen and oxygen atoms in total. The normalized spacial score (nSPS) is 11.1. The molecule has 0 atom stereocenters. The molecule has 0 unspecified atom stereocenters. The van der Waals surface area contributed by atoms with E-state index in [1.165, 1.54) is 21.9 Å². The molecule has 0 amide bonds. The number of nitrogens with zero attached hydrogens (tertiary/aromatic N) is 1. The highest BCUT2D eigenvalue weighted by Crippen LogP contribution is 2.28. The molecule has 0 bridgehead atoms. The maximum absolute atomic E-state index is 5.57. The largest absolute Gasteiger partial charge is 0.494 e. The third kappa shape index (κ3) is 2.03. The lowest BCUT2D eigenvalue weighted by atomic mass is 10.0. The van der Waals surface area contributed by atoms with Crippen molar-refractivity contribution in [3.05, 3.63) is 47.5 Å². The number of hydrogen-bond acceptors (Lipinski definition) is 2. The molecule has 0 saturated heterocycles. The van der Waals surface area contributed by atoms with Gasteiger partial charge in [-0.05, 0) is 56.2 Å². The monoisotopic (exact) mass is 251 g/mol. The van der Waals surface area contributed by atoms with Crippen LogP contribution in [0.3, 0.4) is 0 Å². The van der Waals surface area contributed by atoms with E-state index in [1.54, 1.807) is 0 Å². The molecule has 3 rings (SSSR count). The number of fused-ring (bicyclic) bond motifs is 2. The molecule has 0 aliphatic heterocycles. The van der Waals surface area contributed by atoms with Crippen LogP contribution in [0.4, 0.5) is 0 Å². The highest BCUT2D eigenvalue weighted by molar-refractivity contribution is 5.97. The minimum absolute atomic E-state index is 0.685. The number of pyridine rings is 1. The summed E-state index contributed by atoms with van der Waals surface area (Å²) in [7, 11) is 0. The first-order valence-corrected chi connectivity index (χ1v) is 6.62. The van der Waals surface area contributed by atoms with Gasteiger partial charge >= 0.3 is 0 Å². The molecule has 1 heterocycles. The fraction of sp³-hybridized carbons (Fsp3) is 0.235. The second-order valence-corrected chi connectivity index (χ2v) is 4.87. The Morgan fingerprint density at radius 1 is 0.947 bits per heavy atom. The van der Waals surface area contributed by atoms with E-state index >= 15 is 0 Å². The highest BCUT2D eigenvalue weighted by atomic mass is 16.5. The van der Waals surface area contributed by atoms with Crippen LogP contribution in [0.25, 0.3) is 21.8 Å². The van der Waals surface area contributed by atoms with Gasteiger partial charge in [0.1, 0.15) is 5.75 Å². The third-order valence-corrected chi connectivity index (χ3v) is 3.48. The van der Waals surface area contributed by atoms with Crippen LogP contribution < -0.4 is 4.74 Å². The van der Waals surface area contributed by atoms with Gasteiger partial charge in [0.25, 0.3) is 0 Å². The summed E-state index contributed by atoms with van der Waals surface area (Å²) >= 11 is 0. The van der Waals surface area contributed by atoms with Crippen LogP contribution in [-0.4, -0.2) is 11.6 Å². The van der Waals surface area contributed by atoms with E-state index in [0.29, 0.717) is 6.61 Å². The lowest BCUT2D eigenvalue weighted by Crippen LogP contribution is -1.93. The molecule has 1 aromatic heterocycles. The maximum atomic E-state index is 5.57. The van der Waals surface area contributed by atoms with Crippen molar-refractivity contribution in [2.75, 3.05) is 6.61 Å². The van der Waals surface area contributed by atoms with Crippen LogP contribution in [0, 0.1) is 13.8 Å². The second-order valence-electron chi connectivity index (χ2n) is 4.87. The van der Waals surface area contributed by atoms with Crippen molar-refractivity contribution in [1.82, 2.24) is 4.98 Å². The second kappa shape index (κ2) is 4.54. The van der Waals surface area contributed by atoms with Crippen molar-refractivity contribution in [3.8, 4) is 5.75 Å². The molecule has 19 heavy (non-hydrogen) atoms. The predicted octanol–water partition coefficient (Wildman–Crippen LogP) is 4.40. The van der Waals surface area contributed by atoms with Crippen LogP contribution in [0.5, 0.6) is 5.75 Å². The molecule has 0 aliphatic rings. The van der Waals surface area contributed by atoms with Crippen LogP contribution in [-0.2, 0) is 0 Å². The van der Waals surface area contributed by atoms with Gasteiger partial charge in [-0.2, -0.15) is 0 Å². The molecule has 0 fully saturated rings. The smallest absolute Gasteiger partial charge is 0.120 e. The summed E-state index contributed by atoms with van der Waals surface area (Å²) in [6, 6.07) is 12.5. The van der Waals surface area contributed by atoms with E-state index in [9.17, 15) is 0 Å². The Hall–Kier alpha value is -2.09. The van der Waals surface area contributed by atoms with E-state index in [2.05, 4.69) is 38.1 Å². The number of benzene rings is 2. The average molecular weight is 251 g/mol. The molecule has 0 saturated carbocycles. The molecule has 0 radical (unpaired) electrons. The van der Waals surface area contributed by atoms with Gasteiger partial charge in [-0.25, -0.2) is 4.98 Å². The summed E-state index contributed by atoms with van der Waals surface area (Å²) in [6.45, 7) is 6.93. The summed E-state index contributed by atoms with van der Waals surface area (Å²) in [5.41, 5.74) is 4.60. The minimum Gasteiger partial charge on any atom is -0.494 e. The maximum Gasteiger partial charge on any atom is 0.120 e. The van der Waals surface area contributed by atoms with Gasteiger partial charge in [0.2, 0.25) is 0 Å². The van der Waals surface area contributed by atoms with E-state index in [4.69, 9.17) is 9.72 Å². The lowest BCUT2D eigenvalue weighted by molar-refractivity contribution is 0.340. The molecule has 2 heteroatoms. The predicted molar refractivity (Wildman–Crippen MR) is 79.9 cm³/mol. The zero-order valence-corrected chi connectivity index (χ0v) is 11.5. The van der Waals surface area contributed by atoms with Gasteiger partial charge in [0.05, 0.1) is 17.6 Å². The Bertz CT molecular complexity index is 762. The van der Waals surface area contributed by atoms with Gasteiger partial charge in [0, 0.05) is 10.8 Å². The summed E-state index contributed by atoms with van der Waals surface area (Å²) in [5.74, 6) is 0.909. The first kappa shape index (κ1) is 12.0. The molecule has 0 N–H and O–H groups in total. The van der Waals surface area contributed by atoms with Crippen molar-refractivity contribution >= 4 is 21.8 Å². The molecular weight excluding hydrogens is 234 g/mol. The topological polar surface area (TPSA) is 22.1 Å². The SMILES string of the molecule is CCOc1ccc2nc3cc(C)ccc3c(C)c2c1. The first-order chi connectivity index (χ1) is 9.19. The Morgan fingerprint density at radius 3 is 2.58 bits per heavy atom. The standard InChI is InChI=1S/C17H17NO/c1-4-19-13-6-8-16-15(10-13)12(3)14-7-5-11(2)9-17(14)18-16/h5-10H,4H2,1-3H3. The summed E-state index contributed by atoms with van der Waals surface area (Å²) in [4.78, 5) is 4.75. The molecular formula is C17H17NO. The summed E-state index contributed by atoms with van der Waals surface area (Å²) < 4.78 is 5.57. The van der Waals surface area contributed by atoms with Crippen molar-refractivity contribution < 1.29 is 4.74 Å². The molecule has 2 aromatic carbocycles. The van der Waals surface area contributed by atoms with E-state index < -0.39 is 0 Å². The van der Waals surface area contributed by atoms with E-state index in [0.717, 1.165) is 16.8 Å². The quantitative estimate of drug-likeness (QED) is 0.630. The van der Waals surface area contributed by atoms with Gasteiger partial charge < -0.3 is 4.74 Å². The molecule has 3 aromatic rings. The number of aromatic nitrogens is 1. The van der Waals surface area contributed by atoms with Crippen molar-refractivity contribution in [3.63, 3.8) is 0 Å². The van der Waals surface area contributed by atoms with Crippen LogP contribution in [0.15, 0.2) is 36.4 Å². The van der Waals surface area contributed by atoms with E-state index in [-0.39, 0.29) is 0 Å². The fourth-order valence-corrected chi connectivity index (χ4v) is 2.50. The third-order valence-electron chi connectivity index (χ3n) is 3.48. The molecule has 0 spiro atoms. The number of hydrogen-bond donors (Lipinski definition) is 0. The average Bonchev–Trinajstić information content (AvgIpc) is 2.40. The number of aryl methyl sites for hydroxylation is 2. The summed E-state index contributed by atoms with van der Waals surface area (Å²) in [6.07, 6.45) is 0. The first-order valence-electron chi connectivity index (χ1n) is 6.62. The van der Waals surface area contributed by atoms with Crippen LogP contribution in [0.1, 0.15) is 18.1 Å². The van der Waals surface area contributed by atoms with E-state index in [1.807, 2.05) is 19.1 Å². The van der Waals surface area contributed by atoms with Crippen molar-refractivity contribution in [2.24, 2.45) is 0 Å². The highest BCUT2D eigenvalue weighted by Gasteiger charge is 2.07. The van der Waals surface area contributed by atoms with Crippen molar-refractivity contribution in [1.29, 1.82) is 0 Å². The van der Waals surface area contributed by atoms with Gasteiger partial charge in [0.15, 0.2) is 0 Å². The Labute approximate surface area is 113 Å². The fourth-order valence-electron chi connectivity index (χ4n) is 2.50. The van der Waals surface area contributed by atoms with Crippen LogP contribution >= 0.6 is 0 Å². The number of rotatable bonds is 2.